The van der Waals surface area contributed by atoms with Gasteiger partial charge in [-0.3, -0.25) is 13.9 Å². The van der Waals surface area contributed by atoms with E-state index in [9.17, 15) is 14.5 Å². The number of alkyl halides is 1. The summed E-state index contributed by atoms with van der Waals surface area (Å²) in [5, 5.41) is 14.6. The fraction of sp³-hybridized carbons (Fsp3) is 0.267. The fourth-order valence-corrected chi connectivity index (χ4v) is 6.66. The van der Waals surface area contributed by atoms with Crippen LogP contribution in [-0.2, 0) is 30.0 Å². The number of nitrogens with two attached hydrogens (primary N) is 1. The van der Waals surface area contributed by atoms with Gasteiger partial charge >= 0.3 is 13.7 Å². The molecule has 2 aromatic heterocycles. The van der Waals surface area contributed by atoms with Gasteiger partial charge in [0.05, 0.1) is 12.9 Å². The normalized spacial score (nSPS) is 21.7. The Morgan fingerprint density at radius 2 is 1.89 bits per heavy atom. The number of aliphatic hydroxyl groups excluding tert-OH is 1. The zero-order valence-electron chi connectivity index (χ0n) is 24.3. The Hall–Kier alpha value is -4.17. The van der Waals surface area contributed by atoms with E-state index in [-0.39, 0.29) is 34.6 Å². The van der Waals surface area contributed by atoms with Gasteiger partial charge in [-0.05, 0) is 35.5 Å². The molecule has 0 spiro atoms. The van der Waals surface area contributed by atoms with Crippen LogP contribution in [0.25, 0.3) is 21.9 Å². The van der Waals surface area contributed by atoms with Crippen LogP contribution in [0.1, 0.15) is 18.7 Å². The molecule has 0 aliphatic carbocycles. The number of aliphatic hydroxyl groups is 1. The fourth-order valence-electron chi connectivity index (χ4n) is 4.97. The van der Waals surface area contributed by atoms with Crippen molar-refractivity contribution in [2.75, 3.05) is 12.3 Å². The SMILES string of the molecule is C[C@H](NP(=O)(OC[C@H]1O[C@@H](n2cnc3c(N)nc(Cl)nc32)[C@H](F)C1O)Oc1cccc2ccccc12)C(=O)OCc1ccccc1. The summed E-state index contributed by atoms with van der Waals surface area (Å²) in [5.74, 6) is -0.536. The first kappa shape index (κ1) is 31.8. The van der Waals surface area contributed by atoms with Gasteiger partial charge in [0.1, 0.15) is 36.1 Å². The van der Waals surface area contributed by atoms with E-state index >= 15 is 4.39 Å². The predicted octanol–water partition coefficient (Wildman–Crippen LogP) is 4.74. The molecule has 6 atom stereocenters. The summed E-state index contributed by atoms with van der Waals surface area (Å²) in [4.78, 5) is 24.9. The molecule has 1 aliphatic heterocycles. The van der Waals surface area contributed by atoms with Crippen molar-refractivity contribution < 1.29 is 37.4 Å². The van der Waals surface area contributed by atoms with Gasteiger partial charge < -0.3 is 24.8 Å². The minimum Gasteiger partial charge on any atom is -0.460 e. The first-order valence-electron chi connectivity index (χ1n) is 14.2. The number of carbonyl (C=O) groups is 1. The smallest absolute Gasteiger partial charge is 0.459 e. The molecule has 240 valence electrons. The number of nitrogen functional groups attached to an aromatic ring is 1. The highest BCUT2D eigenvalue weighted by Crippen LogP contribution is 2.48. The molecule has 6 rings (SSSR count). The van der Waals surface area contributed by atoms with Crippen LogP contribution in [-0.4, -0.2) is 61.6 Å². The number of hydrogen-bond donors (Lipinski definition) is 3. The van der Waals surface area contributed by atoms with Crippen molar-refractivity contribution in [2.24, 2.45) is 0 Å². The number of hydrogen-bond acceptors (Lipinski definition) is 11. The third-order valence-electron chi connectivity index (χ3n) is 7.30. The van der Waals surface area contributed by atoms with Crippen molar-refractivity contribution in [3.05, 3.63) is 90.0 Å². The molecule has 0 bridgehead atoms. The summed E-state index contributed by atoms with van der Waals surface area (Å²) < 4.78 is 53.8. The van der Waals surface area contributed by atoms with Crippen LogP contribution in [0.5, 0.6) is 5.75 Å². The van der Waals surface area contributed by atoms with Crippen LogP contribution in [0.3, 0.4) is 0 Å². The molecule has 3 aromatic carbocycles. The lowest BCUT2D eigenvalue weighted by molar-refractivity contribution is -0.146. The molecule has 5 aromatic rings. The number of rotatable bonds is 11. The van der Waals surface area contributed by atoms with Crippen LogP contribution in [0, 0.1) is 0 Å². The van der Waals surface area contributed by atoms with Gasteiger partial charge in [0.25, 0.3) is 0 Å². The third-order valence-corrected chi connectivity index (χ3v) is 9.09. The Balaban J connectivity index is 1.21. The van der Waals surface area contributed by atoms with E-state index in [4.69, 9.17) is 35.9 Å². The summed E-state index contributed by atoms with van der Waals surface area (Å²) in [7, 11) is -4.42. The predicted molar refractivity (Wildman–Crippen MR) is 167 cm³/mol. The van der Waals surface area contributed by atoms with Crippen LogP contribution in [0.4, 0.5) is 10.2 Å². The van der Waals surface area contributed by atoms with Gasteiger partial charge in [0, 0.05) is 5.39 Å². The lowest BCUT2D eigenvalue weighted by atomic mass is 10.1. The molecule has 1 aliphatic rings. The number of aromatic nitrogens is 4. The monoisotopic (exact) mass is 670 g/mol. The number of fused-ring (bicyclic) bond motifs is 2. The molecule has 4 N–H and O–H groups in total. The van der Waals surface area contributed by atoms with Gasteiger partial charge in [-0.1, -0.05) is 66.7 Å². The number of nitrogens with one attached hydrogen (secondary N) is 1. The zero-order valence-corrected chi connectivity index (χ0v) is 25.9. The minimum atomic E-state index is -4.42. The quantitative estimate of drug-likeness (QED) is 0.100. The van der Waals surface area contributed by atoms with Crippen molar-refractivity contribution in [2.45, 2.75) is 44.2 Å². The van der Waals surface area contributed by atoms with E-state index in [1.165, 1.54) is 17.8 Å². The van der Waals surface area contributed by atoms with E-state index in [2.05, 4.69) is 20.0 Å². The second-order valence-corrected chi connectivity index (χ2v) is 12.5. The first-order valence-corrected chi connectivity index (χ1v) is 16.1. The maximum Gasteiger partial charge on any atom is 0.459 e. The summed E-state index contributed by atoms with van der Waals surface area (Å²) in [6, 6.07) is 20.3. The Labute approximate surface area is 267 Å². The number of nitrogens with zero attached hydrogens (tertiary/aromatic N) is 4. The first-order chi connectivity index (χ1) is 22.1. The molecular weight excluding hydrogens is 642 g/mol. The Morgan fingerprint density at radius 3 is 2.70 bits per heavy atom. The highest BCUT2D eigenvalue weighted by molar-refractivity contribution is 7.52. The van der Waals surface area contributed by atoms with Crippen molar-refractivity contribution in [3.63, 3.8) is 0 Å². The molecule has 0 amide bonds. The Morgan fingerprint density at radius 1 is 1.15 bits per heavy atom. The van der Waals surface area contributed by atoms with Crippen molar-refractivity contribution in [3.8, 4) is 5.75 Å². The second-order valence-electron chi connectivity index (χ2n) is 10.5. The number of esters is 1. The molecule has 16 heteroatoms. The van der Waals surface area contributed by atoms with Gasteiger partial charge in [0.15, 0.2) is 23.9 Å². The van der Waals surface area contributed by atoms with Crippen LogP contribution >= 0.6 is 19.3 Å². The van der Waals surface area contributed by atoms with Crippen LogP contribution in [0.15, 0.2) is 79.1 Å². The summed E-state index contributed by atoms with van der Waals surface area (Å²) in [6.45, 7) is 0.837. The zero-order chi connectivity index (χ0) is 32.4. The van der Waals surface area contributed by atoms with Gasteiger partial charge in [-0.25, -0.2) is 13.9 Å². The molecular formula is C30H29ClFN6O7P. The largest absolute Gasteiger partial charge is 0.460 e. The highest BCUT2D eigenvalue weighted by Gasteiger charge is 2.47. The van der Waals surface area contributed by atoms with Crippen LogP contribution < -0.4 is 15.3 Å². The van der Waals surface area contributed by atoms with E-state index in [1.807, 2.05) is 36.4 Å². The molecule has 46 heavy (non-hydrogen) atoms. The molecule has 1 fully saturated rings. The number of imidazole rings is 1. The van der Waals surface area contributed by atoms with E-state index in [1.54, 1.807) is 36.4 Å². The molecule has 3 heterocycles. The topological polar surface area (TPSA) is 173 Å². The summed E-state index contributed by atoms with van der Waals surface area (Å²) >= 11 is 5.94. The maximum absolute atomic E-state index is 15.4. The highest BCUT2D eigenvalue weighted by atomic mass is 35.5. The third kappa shape index (κ3) is 6.68. The van der Waals surface area contributed by atoms with E-state index in [0.717, 1.165) is 10.9 Å². The maximum atomic E-state index is 15.4. The van der Waals surface area contributed by atoms with Gasteiger partial charge in [-0.2, -0.15) is 15.1 Å². The number of benzene rings is 3. The van der Waals surface area contributed by atoms with Crippen LogP contribution in [0.2, 0.25) is 5.28 Å². The number of anilines is 1. The number of carbonyl (C=O) groups excluding carboxylic acids is 1. The molecule has 1 saturated heterocycles. The summed E-state index contributed by atoms with van der Waals surface area (Å²) in [5.41, 5.74) is 6.88. The molecule has 2 unspecified atom stereocenters. The number of halogens is 2. The van der Waals surface area contributed by atoms with Crippen molar-refractivity contribution in [1.82, 2.24) is 24.6 Å². The molecule has 0 saturated carbocycles. The Bertz CT molecular complexity index is 1910. The lowest BCUT2D eigenvalue weighted by Gasteiger charge is -2.25. The Kier molecular flexibility index (Phi) is 9.18. The molecule has 13 nitrogen and oxygen atoms in total. The number of ether oxygens (including phenoxy) is 2. The average Bonchev–Trinajstić information content (AvgIpc) is 3.59. The van der Waals surface area contributed by atoms with Gasteiger partial charge in [-0.15, -0.1) is 0 Å². The second kappa shape index (κ2) is 13.3. The summed E-state index contributed by atoms with van der Waals surface area (Å²) in [6.07, 6.45) is -5.18. The minimum absolute atomic E-state index is 0.00682. The van der Waals surface area contributed by atoms with Gasteiger partial charge in [0.2, 0.25) is 5.28 Å². The van der Waals surface area contributed by atoms with E-state index in [0.29, 0.717) is 5.39 Å². The van der Waals surface area contributed by atoms with Crippen molar-refractivity contribution in [1.29, 1.82) is 0 Å². The standard InChI is InChI=1S/C30H29ClFN6O7P/c1-17(29(40)42-14-18-8-3-2-4-9-18)37-46(41,45-21-13-7-11-19-10-5-6-12-20(19)21)43-15-22-25(39)23(32)28(44-22)38-16-34-24-26(33)35-30(31)36-27(24)38/h2-13,16-17,22-23,25,28,39H,14-15H2,1H3,(H,37,41)(H2,33,35,36)/t17-,22+,23+,25?,28+,46?/m0/s1. The lowest BCUT2D eigenvalue weighted by Crippen LogP contribution is -2.37. The molecule has 0 radical (unpaired) electrons. The average molecular weight is 671 g/mol. The van der Waals surface area contributed by atoms with Crippen molar-refractivity contribution >= 4 is 53.1 Å². The van der Waals surface area contributed by atoms with E-state index < -0.39 is 51.0 Å².